The molecule has 0 radical (unpaired) electrons. The van der Waals surface area contributed by atoms with E-state index in [-0.39, 0.29) is 0 Å². The summed E-state index contributed by atoms with van der Waals surface area (Å²) >= 11 is 6.42. The molecule has 110 valence electrons. The first kappa shape index (κ1) is 14.2. The Morgan fingerprint density at radius 2 is 1.95 bits per heavy atom. The molecule has 20 heavy (non-hydrogen) atoms. The van der Waals surface area contributed by atoms with Crippen molar-refractivity contribution in [2.75, 3.05) is 18.0 Å². The van der Waals surface area contributed by atoms with E-state index < -0.39 is 0 Å². The minimum absolute atomic E-state index is 0.665. The highest BCUT2D eigenvalue weighted by Crippen LogP contribution is 2.40. The SMILES string of the molecule is NCCc1c(Cl)cccc1N1CCC[C@H]2CCCC[C@H]21. The molecule has 1 aromatic rings. The molecule has 2 N–H and O–H groups in total. The van der Waals surface area contributed by atoms with Crippen LogP contribution in [0.3, 0.4) is 0 Å². The predicted molar refractivity (Wildman–Crippen MR) is 86.5 cm³/mol. The van der Waals surface area contributed by atoms with Crippen LogP contribution in [0, 0.1) is 5.92 Å². The van der Waals surface area contributed by atoms with Crippen LogP contribution >= 0.6 is 11.6 Å². The molecule has 2 fully saturated rings. The molecule has 2 nitrogen and oxygen atoms in total. The zero-order valence-corrected chi connectivity index (χ0v) is 12.9. The average molecular weight is 293 g/mol. The van der Waals surface area contributed by atoms with Crippen molar-refractivity contribution >= 4 is 17.3 Å². The normalized spacial score (nSPS) is 26.4. The van der Waals surface area contributed by atoms with Crippen LogP contribution in [0.15, 0.2) is 18.2 Å². The third-order valence-electron chi connectivity index (χ3n) is 5.04. The number of piperidine rings is 1. The van der Waals surface area contributed by atoms with Gasteiger partial charge in [-0.15, -0.1) is 0 Å². The second kappa shape index (κ2) is 6.36. The number of anilines is 1. The van der Waals surface area contributed by atoms with Crippen molar-refractivity contribution in [3.63, 3.8) is 0 Å². The Morgan fingerprint density at radius 3 is 2.80 bits per heavy atom. The van der Waals surface area contributed by atoms with E-state index in [1.54, 1.807) is 0 Å². The lowest BCUT2D eigenvalue weighted by molar-refractivity contribution is 0.243. The summed E-state index contributed by atoms with van der Waals surface area (Å²) in [6.07, 6.45) is 9.16. The first-order valence-electron chi connectivity index (χ1n) is 8.05. The van der Waals surface area contributed by atoms with Gasteiger partial charge in [0.2, 0.25) is 0 Å². The van der Waals surface area contributed by atoms with Crippen LogP contribution in [0.25, 0.3) is 0 Å². The molecule has 1 aliphatic heterocycles. The molecule has 0 bridgehead atoms. The van der Waals surface area contributed by atoms with E-state index in [9.17, 15) is 0 Å². The van der Waals surface area contributed by atoms with Gasteiger partial charge in [-0.25, -0.2) is 0 Å². The van der Waals surface area contributed by atoms with Gasteiger partial charge in [0.15, 0.2) is 0 Å². The molecule has 2 atom stereocenters. The van der Waals surface area contributed by atoms with Gasteiger partial charge < -0.3 is 10.6 Å². The Bertz CT molecular complexity index is 458. The van der Waals surface area contributed by atoms with Gasteiger partial charge in [0.1, 0.15) is 0 Å². The quantitative estimate of drug-likeness (QED) is 0.912. The van der Waals surface area contributed by atoms with Crippen LogP contribution in [-0.2, 0) is 6.42 Å². The van der Waals surface area contributed by atoms with Gasteiger partial charge in [-0.2, -0.15) is 0 Å². The second-order valence-corrected chi connectivity index (χ2v) is 6.63. The lowest BCUT2D eigenvalue weighted by atomic mass is 9.78. The fourth-order valence-corrected chi connectivity index (χ4v) is 4.40. The number of benzene rings is 1. The summed E-state index contributed by atoms with van der Waals surface area (Å²) in [5, 5.41) is 0.880. The highest BCUT2D eigenvalue weighted by atomic mass is 35.5. The van der Waals surface area contributed by atoms with E-state index in [2.05, 4.69) is 17.0 Å². The molecule has 3 heteroatoms. The van der Waals surface area contributed by atoms with Crippen molar-refractivity contribution in [1.29, 1.82) is 0 Å². The standard InChI is InChI=1S/C17H25ClN2/c18-15-7-3-9-17(14(15)10-11-19)20-12-4-6-13-5-1-2-8-16(13)20/h3,7,9,13,16H,1-2,4-6,8,10-12,19H2/t13-,16-/m1/s1. The molecule has 0 unspecified atom stereocenters. The van der Waals surface area contributed by atoms with Crippen LogP contribution in [0.2, 0.25) is 5.02 Å². The van der Waals surface area contributed by atoms with E-state index in [1.807, 2.05) is 6.07 Å². The Balaban J connectivity index is 1.92. The smallest absolute Gasteiger partial charge is 0.0459 e. The fourth-order valence-electron chi connectivity index (χ4n) is 4.13. The van der Waals surface area contributed by atoms with Crippen molar-refractivity contribution in [3.05, 3.63) is 28.8 Å². The molecule has 1 aromatic carbocycles. The van der Waals surface area contributed by atoms with Gasteiger partial charge in [0.05, 0.1) is 0 Å². The Labute approximate surface area is 127 Å². The molecule has 0 spiro atoms. The van der Waals surface area contributed by atoms with Crippen molar-refractivity contribution in [3.8, 4) is 0 Å². The lowest BCUT2D eigenvalue weighted by Gasteiger charge is -2.46. The summed E-state index contributed by atoms with van der Waals surface area (Å²) in [5.74, 6) is 0.891. The van der Waals surface area contributed by atoms with E-state index in [0.717, 1.165) is 23.4 Å². The highest BCUT2D eigenvalue weighted by molar-refractivity contribution is 6.31. The van der Waals surface area contributed by atoms with Crippen LogP contribution < -0.4 is 10.6 Å². The maximum Gasteiger partial charge on any atom is 0.0459 e. The summed E-state index contributed by atoms with van der Waals surface area (Å²) in [7, 11) is 0. The highest BCUT2D eigenvalue weighted by Gasteiger charge is 2.34. The average Bonchev–Trinajstić information content (AvgIpc) is 2.49. The molecular formula is C17H25ClN2. The molecule has 1 saturated carbocycles. The monoisotopic (exact) mass is 292 g/mol. The van der Waals surface area contributed by atoms with Gasteiger partial charge in [0.25, 0.3) is 0 Å². The number of hydrogen-bond donors (Lipinski definition) is 1. The molecule has 3 rings (SSSR count). The largest absolute Gasteiger partial charge is 0.368 e. The van der Waals surface area contributed by atoms with E-state index in [0.29, 0.717) is 6.54 Å². The maximum atomic E-state index is 6.42. The van der Waals surface area contributed by atoms with Crippen molar-refractivity contribution in [2.45, 2.75) is 51.0 Å². The number of rotatable bonds is 3. The first-order valence-corrected chi connectivity index (χ1v) is 8.43. The zero-order valence-electron chi connectivity index (χ0n) is 12.2. The maximum absolute atomic E-state index is 6.42. The van der Waals surface area contributed by atoms with E-state index in [1.165, 1.54) is 56.3 Å². The summed E-state index contributed by atoms with van der Waals surface area (Å²) in [5.41, 5.74) is 8.38. The number of fused-ring (bicyclic) bond motifs is 1. The number of nitrogens with zero attached hydrogens (tertiary/aromatic N) is 1. The minimum atomic E-state index is 0.665. The summed E-state index contributed by atoms with van der Waals surface area (Å²) in [6, 6.07) is 7.06. The van der Waals surface area contributed by atoms with Gasteiger partial charge in [-0.3, -0.25) is 0 Å². The predicted octanol–water partition coefficient (Wildman–Crippen LogP) is 4.00. The Kier molecular flexibility index (Phi) is 4.52. The van der Waals surface area contributed by atoms with Crippen molar-refractivity contribution in [1.82, 2.24) is 0 Å². The van der Waals surface area contributed by atoms with Crippen LogP contribution in [0.4, 0.5) is 5.69 Å². The molecule has 2 aliphatic rings. The molecule has 1 heterocycles. The van der Waals surface area contributed by atoms with Gasteiger partial charge in [-0.1, -0.05) is 30.5 Å². The molecule has 0 aromatic heterocycles. The van der Waals surface area contributed by atoms with Crippen molar-refractivity contribution in [2.24, 2.45) is 11.7 Å². The summed E-state index contributed by atoms with van der Waals surface area (Å²) in [6.45, 7) is 1.84. The lowest BCUT2D eigenvalue weighted by Crippen LogP contribution is -2.47. The van der Waals surface area contributed by atoms with E-state index in [4.69, 9.17) is 17.3 Å². The summed E-state index contributed by atoms with van der Waals surface area (Å²) in [4.78, 5) is 2.64. The molecule has 0 amide bonds. The molecule has 1 aliphatic carbocycles. The van der Waals surface area contributed by atoms with E-state index >= 15 is 0 Å². The van der Waals surface area contributed by atoms with Gasteiger partial charge in [-0.05, 0) is 62.3 Å². The summed E-state index contributed by atoms with van der Waals surface area (Å²) < 4.78 is 0. The molecule has 1 saturated heterocycles. The van der Waals surface area contributed by atoms with Crippen molar-refractivity contribution < 1.29 is 0 Å². The third-order valence-corrected chi connectivity index (χ3v) is 5.40. The second-order valence-electron chi connectivity index (χ2n) is 6.22. The fraction of sp³-hybridized carbons (Fsp3) is 0.647. The van der Waals surface area contributed by atoms with Crippen LogP contribution in [0.1, 0.15) is 44.1 Å². The van der Waals surface area contributed by atoms with Gasteiger partial charge >= 0.3 is 0 Å². The Hall–Kier alpha value is -0.730. The van der Waals surface area contributed by atoms with Crippen LogP contribution in [-0.4, -0.2) is 19.1 Å². The number of hydrogen-bond acceptors (Lipinski definition) is 2. The third kappa shape index (κ3) is 2.68. The van der Waals surface area contributed by atoms with Gasteiger partial charge in [0, 0.05) is 23.3 Å². The molecular weight excluding hydrogens is 268 g/mol. The number of halogens is 1. The Morgan fingerprint density at radius 1 is 1.15 bits per heavy atom. The topological polar surface area (TPSA) is 29.3 Å². The minimum Gasteiger partial charge on any atom is -0.368 e. The zero-order chi connectivity index (χ0) is 13.9. The van der Waals surface area contributed by atoms with Crippen LogP contribution in [0.5, 0.6) is 0 Å². The first-order chi connectivity index (χ1) is 9.81. The number of nitrogens with two attached hydrogens (primary N) is 1.